The zero-order valence-corrected chi connectivity index (χ0v) is 14.8. The lowest BCUT2D eigenvalue weighted by molar-refractivity contribution is -0.172. The molecule has 0 N–H and O–H groups in total. The Morgan fingerprint density at radius 2 is 1.89 bits per heavy atom. The third kappa shape index (κ3) is 3.05. The number of nitrogens with zero attached hydrogens (tertiary/aromatic N) is 4. The number of aromatic nitrogens is 3. The molecule has 0 fully saturated rings. The molecule has 2 aromatic heterocycles. The minimum Gasteiger partial charge on any atom is -0.293 e. The van der Waals surface area contributed by atoms with Crippen molar-refractivity contribution in [2.45, 2.75) is 32.5 Å². The normalized spacial score (nSPS) is 17.2. The lowest BCUT2D eigenvalue weighted by atomic mass is 10.1. The molecule has 1 aliphatic heterocycles. The van der Waals surface area contributed by atoms with Crippen LogP contribution >= 0.6 is 0 Å². The number of fused-ring (bicyclic) bond motifs is 2. The van der Waals surface area contributed by atoms with Crippen LogP contribution in [0.2, 0.25) is 0 Å². The molecule has 5 nitrogen and oxygen atoms in total. The molecule has 0 saturated carbocycles. The first-order chi connectivity index (χ1) is 12.7. The lowest BCUT2D eigenvalue weighted by Crippen LogP contribution is -2.43. The summed E-state index contributed by atoms with van der Waals surface area (Å²) in [4.78, 5) is 18.8. The predicted molar refractivity (Wildman–Crippen MR) is 94.8 cm³/mol. The number of hydrogen-bond acceptors (Lipinski definition) is 3. The smallest absolute Gasteiger partial charge is 0.293 e. The summed E-state index contributed by atoms with van der Waals surface area (Å²) in [5.74, 6) is -0.174. The van der Waals surface area contributed by atoms with Gasteiger partial charge in [-0.3, -0.25) is 14.7 Å². The van der Waals surface area contributed by atoms with Crippen molar-refractivity contribution in [2.24, 2.45) is 0 Å². The standard InChI is InChI=1S/C19H17F3N4O/c1-11-3-4-13-10-14(5-6-15(13)23-11)18(27)25-8-7-16(19(20,21)22)26-17(25)9-12(2)24-26/h3-6,9-10,16H,7-8H2,1-2H3. The second-order valence-electron chi connectivity index (χ2n) is 6.75. The fourth-order valence-electron chi connectivity index (χ4n) is 3.45. The minimum atomic E-state index is -4.41. The van der Waals surface area contributed by atoms with E-state index in [9.17, 15) is 18.0 Å². The van der Waals surface area contributed by atoms with Gasteiger partial charge in [-0.2, -0.15) is 18.3 Å². The van der Waals surface area contributed by atoms with Crippen LogP contribution in [0, 0.1) is 13.8 Å². The average Bonchev–Trinajstić information content (AvgIpc) is 2.99. The van der Waals surface area contributed by atoms with E-state index in [1.54, 1.807) is 25.1 Å². The van der Waals surface area contributed by atoms with Crippen molar-refractivity contribution in [1.29, 1.82) is 0 Å². The first-order valence-electron chi connectivity index (χ1n) is 8.56. The van der Waals surface area contributed by atoms with Crippen LogP contribution < -0.4 is 4.90 Å². The largest absolute Gasteiger partial charge is 0.410 e. The van der Waals surface area contributed by atoms with Gasteiger partial charge in [0, 0.05) is 29.3 Å². The number of anilines is 1. The summed E-state index contributed by atoms with van der Waals surface area (Å²) in [7, 11) is 0. The van der Waals surface area contributed by atoms with E-state index in [4.69, 9.17) is 0 Å². The maximum Gasteiger partial charge on any atom is 0.410 e. The van der Waals surface area contributed by atoms with E-state index < -0.39 is 12.2 Å². The highest BCUT2D eigenvalue weighted by atomic mass is 19.4. The molecular weight excluding hydrogens is 357 g/mol. The Labute approximate surface area is 153 Å². The van der Waals surface area contributed by atoms with Gasteiger partial charge in [-0.1, -0.05) is 6.07 Å². The number of halogens is 3. The predicted octanol–water partition coefficient (Wildman–Crippen LogP) is 4.20. The van der Waals surface area contributed by atoms with Crippen molar-refractivity contribution < 1.29 is 18.0 Å². The monoisotopic (exact) mass is 374 g/mol. The van der Waals surface area contributed by atoms with Gasteiger partial charge in [-0.15, -0.1) is 0 Å². The molecule has 3 aromatic rings. The summed E-state index contributed by atoms with van der Waals surface area (Å²) in [5.41, 5.74) is 2.49. The van der Waals surface area contributed by atoms with Gasteiger partial charge in [-0.25, -0.2) is 4.68 Å². The molecule has 1 amide bonds. The summed E-state index contributed by atoms with van der Waals surface area (Å²) in [6.07, 6.45) is -4.63. The molecule has 1 atom stereocenters. The highest BCUT2D eigenvalue weighted by Gasteiger charge is 2.46. The summed E-state index contributed by atoms with van der Waals surface area (Å²) in [6, 6.07) is 8.65. The molecule has 0 spiro atoms. The maximum absolute atomic E-state index is 13.3. The molecule has 0 bridgehead atoms. The number of carbonyl (C=O) groups is 1. The molecule has 1 aliphatic rings. The Morgan fingerprint density at radius 3 is 2.63 bits per heavy atom. The van der Waals surface area contributed by atoms with Gasteiger partial charge >= 0.3 is 6.18 Å². The Kier molecular flexibility index (Phi) is 3.94. The second-order valence-corrected chi connectivity index (χ2v) is 6.75. The number of benzene rings is 1. The van der Waals surface area contributed by atoms with E-state index in [1.165, 1.54) is 11.0 Å². The third-order valence-corrected chi connectivity index (χ3v) is 4.73. The SMILES string of the molecule is Cc1ccc2cc(C(=O)N3CCC(C(F)(F)F)n4nc(C)cc43)ccc2n1. The summed E-state index contributed by atoms with van der Waals surface area (Å²) >= 11 is 0. The summed E-state index contributed by atoms with van der Waals surface area (Å²) in [5, 5.41) is 4.78. The Balaban J connectivity index is 1.72. The Bertz CT molecular complexity index is 1040. The number of amides is 1. The fraction of sp³-hybridized carbons (Fsp3) is 0.316. The van der Waals surface area contributed by atoms with Crippen LogP contribution in [0.25, 0.3) is 10.9 Å². The van der Waals surface area contributed by atoms with Gasteiger partial charge in [0.2, 0.25) is 0 Å². The summed E-state index contributed by atoms with van der Waals surface area (Å²) in [6.45, 7) is 3.48. The van der Waals surface area contributed by atoms with E-state index in [2.05, 4.69) is 10.1 Å². The Hall–Kier alpha value is -2.90. The summed E-state index contributed by atoms with van der Waals surface area (Å²) < 4.78 is 40.9. The van der Waals surface area contributed by atoms with Gasteiger partial charge in [-0.05, 0) is 44.5 Å². The van der Waals surface area contributed by atoms with Crippen molar-refractivity contribution >= 4 is 22.6 Å². The first kappa shape index (κ1) is 17.5. The maximum atomic E-state index is 13.3. The van der Waals surface area contributed by atoms with Crippen LogP contribution in [0.3, 0.4) is 0 Å². The minimum absolute atomic E-state index is 0.0155. The topological polar surface area (TPSA) is 51.0 Å². The lowest BCUT2D eigenvalue weighted by Gasteiger charge is -2.33. The van der Waals surface area contributed by atoms with Gasteiger partial charge in [0.25, 0.3) is 5.91 Å². The van der Waals surface area contributed by atoms with Crippen molar-refractivity contribution in [3.05, 3.63) is 53.3 Å². The van der Waals surface area contributed by atoms with E-state index in [-0.39, 0.29) is 24.7 Å². The number of rotatable bonds is 1. The van der Waals surface area contributed by atoms with Crippen LogP contribution in [0.4, 0.5) is 19.0 Å². The van der Waals surface area contributed by atoms with Crippen LogP contribution in [0.15, 0.2) is 36.4 Å². The first-order valence-corrected chi connectivity index (χ1v) is 8.56. The highest BCUT2D eigenvalue weighted by Crippen LogP contribution is 2.39. The molecular formula is C19H17F3N4O. The average molecular weight is 374 g/mol. The van der Waals surface area contributed by atoms with Crippen molar-refractivity contribution in [2.75, 3.05) is 11.4 Å². The van der Waals surface area contributed by atoms with Crippen LogP contribution in [0.5, 0.6) is 0 Å². The number of alkyl halides is 3. The number of hydrogen-bond donors (Lipinski definition) is 0. The van der Waals surface area contributed by atoms with E-state index >= 15 is 0 Å². The molecule has 140 valence electrons. The molecule has 27 heavy (non-hydrogen) atoms. The zero-order chi connectivity index (χ0) is 19.3. The number of aryl methyl sites for hydroxylation is 2. The van der Waals surface area contributed by atoms with Crippen LogP contribution in [-0.4, -0.2) is 33.4 Å². The van der Waals surface area contributed by atoms with Crippen molar-refractivity contribution in [3.8, 4) is 0 Å². The van der Waals surface area contributed by atoms with Crippen LogP contribution in [0.1, 0.15) is 34.2 Å². The highest BCUT2D eigenvalue weighted by molar-refractivity contribution is 6.07. The molecule has 1 unspecified atom stereocenters. The van der Waals surface area contributed by atoms with Gasteiger partial charge in [0.1, 0.15) is 5.82 Å². The van der Waals surface area contributed by atoms with E-state index in [1.807, 2.05) is 19.1 Å². The Morgan fingerprint density at radius 1 is 1.11 bits per heavy atom. The quantitative estimate of drug-likeness (QED) is 0.641. The van der Waals surface area contributed by atoms with Crippen molar-refractivity contribution in [1.82, 2.24) is 14.8 Å². The van der Waals surface area contributed by atoms with Gasteiger partial charge in [0.05, 0.1) is 11.2 Å². The molecule has 0 aliphatic carbocycles. The molecule has 3 heterocycles. The van der Waals surface area contributed by atoms with E-state index in [0.29, 0.717) is 11.3 Å². The fourth-order valence-corrected chi connectivity index (χ4v) is 3.45. The molecule has 8 heteroatoms. The number of pyridine rings is 1. The third-order valence-electron chi connectivity index (χ3n) is 4.73. The van der Waals surface area contributed by atoms with Gasteiger partial charge in [0.15, 0.2) is 6.04 Å². The second kappa shape index (κ2) is 6.07. The number of carbonyl (C=O) groups excluding carboxylic acids is 1. The zero-order valence-electron chi connectivity index (χ0n) is 14.8. The van der Waals surface area contributed by atoms with E-state index in [0.717, 1.165) is 21.3 Å². The van der Waals surface area contributed by atoms with Gasteiger partial charge < -0.3 is 0 Å². The molecule has 0 saturated heterocycles. The molecule has 4 rings (SSSR count). The van der Waals surface area contributed by atoms with Crippen molar-refractivity contribution in [3.63, 3.8) is 0 Å². The molecule has 0 radical (unpaired) electrons. The molecule has 1 aromatic carbocycles. The van der Waals surface area contributed by atoms with Crippen LogP contribution in [-0.2, 0) is 0 Å².